The van der Waals surface area contributed by atoms with Crippen LogP contribution >= 0.6 is 12.2 Å². The van der Waals surface area contributed by atoms with Crippen LogP contribution in [-0.2, 0) is 11.3 Å². The van der Waals surface area contributed by atoms with Gasteiger partial charge in [0.15, 0.2) is 5.11 Å². The lowest BCUT2D eigenvalue weighted by molar-refractivity contribution is -0.116. The van der Waals surface area contributed by atoms with Gasteiger partial charge in [-0.1, -0.05) is 24.3 Å². The zero-order valence-corrected chi connectivity index (χ0v) is 20.5. The topological polar surface area (TPSA) is 75.3 Å². The third-order valence-corrected chi connectivity index (χ3v) is 6.75. The molecule has 0 radical (unpaired) electrons. The second-order valence-corrected chi connectivity index (χ2v) is 9.05. The number of carbonyl (C=O) groups is 1. The van der Waals surface area contributed by atoms with E-state index in [0.717, 1.165) is 34.1 Å². The normalized spacial score (nSPS) is 17.4. The Morgan fingerprint density at radius 2 is 1.91 bits per heavy atom. The van der Waals surface area contributed by atoms with E-state index in [1.165, 1.54) is 0 Å². The van der Waals surface area contributed by atoms with Crippen LogP contribution in [0.4, 0.5) is 5.69 Å². The predicted molar refractivity (Wildman–Crippen MR) is 139 cm³/mol. The molecule has 0 aliphatic carbocycles. The fourth-order valence-electron chi connectivity index (χ4n) is 4.72. The van der Waals surface area contributed by atoms with Crippen molar-refractivity contribution in [3.05, 3.63) is 108 Å². The minimum absolute atomic E-state index is 0.122. The molecular formula is C27H27N5O2S. The van der Waals surface area contributed by atoms with Crippen molar-refractivity contribution in [3.8, 4) is 0 Å². The molecule has 1 saturated heterocycles. The van der Waals surface area contributed by atoms with Gasteiger partial charge in [-0.05, 0) is 74.1 Å². The average Bonchev–Trinajstić information content (AvgIpc) is 3.56. The van der Waals surface area contributed by atoms with E-state index >= 15 is 0 Å². The van der Waals surface area contributed by atoms with Crippen LogP contribution in [0.15, 0.2) is 83.6 Å². The molecule has 35 heavy (non-hydrogen) atoms. The van der Waals surface area contributed by atoms with Crippen molar-refractivity contribution in [2.24, 2.45) is 0 Å². The van der Waals surface area contributed by atoms with Gasteiger partial charge in [-0.3, -0.25) is 9.78 Å². The molecular weight excluding hydrogens is 458 g/mol. The molecule has 1 aromatic carbocycles. The molecule has 1 fully saturated rings. The van der Waals surface area contributed by atoms with Crippen molar-refractivity contribution in [1.82, 2.24) is 19.8 Å². The molecule has 178 valence electrons. The number of aryl methyl sites for hydroxylation is 1. The van der Waals surface area contributed by atoms with Gasteiger partial charge in [-0.15, -0.1) is 0 Å². The van der Waals surface area contributed by atoms with Crippen molar-refractivity contribution in [3.63, 3.8) is 0 Å². The van der Waals surface area contributed by atoms with Crippen molar-refractivity contribution >= 4 is 28.9 Å². The smallest absolute Gasteiger partial charge is 0.244 e. The minimum Gasteiger partial charge on any atom is -0.467 e. The summed E-state index contributed by atoms with van der Waals surface area (Å²) in [4.78, 5) is 19.6. The summed E-state index contributed by atoms with van der Waals surface area (Å²) in [5, 5.41) is 6.93. The standard InChI is InChI=1S/C27H27N5O2S/c1-18-15-22(19(2)31(18)16-21-11-8-14-34-21)26-25(23-12-6-7-13-28-23)30-27(35)32(26)17-24(33)29-20-9-4-3-5-10-20/h3-15,25-26H,16-17H2,1-2H3,(H,29,33)(H,30,35)/t25-,26-/m0/s1. The van der Waals surface area contributed by atoms with E-state index in [1.807, 2.05) is 65.6 Å². The van der Waals surface area contributed by atoms with Crippen molar-refractivity contribution in [1.29, 1.82) is 0 Å². The summed E-state index contributed by atoms with van der Waals surface area (Å²) in [7, 11) is 0. The van der Waals surface area contributed by atoms with E-state index in [2.05, 4.69) is 40.1 Å². The first kappa shape index (κ1) is 22.9. The van der Waals surface area contributed by atoms with E-state index in [1.54, 1.807) is 12.5 Å². The number of benzene rings is 1. The molecule has 2 atom stereocenters. The fraction of sp³-hybridized carbons (Fsp3) is 0.222. The predicted octanol–water partition coefficient (Wildman–Crippen LogP) is 4.75. The third kappa shape index (κ3) is 4.70. The maximum atomic E-state index is 13.0. The lowest BCUT2D eigenvalue weighted by atomic mass is 9.96. The van der Waals surface area contributed by atoms with E-state index in [0.29, 0.717) is 11.7 Å². The van der Waals surface area contributed by atoms with Crippen LogP contribution in [0.2, 0.25) is 0 Å². The summed E-state index contributed by atoms with van der Waals surface area (Å²) in [5.41, 5.74) is 4.95. The van der Waals surface area contributed by atoms with Gasteiger partial charge in [0.2, 0.25) is 5.91 Å². The summed E-state index contributed by atoms with van der Waals surface area (Å²) in [6.07, 6.45) is 3.47. The molecule has 0 bridgehead atoms. The highest BCUT2D eigenvalue weighted by Crippen LogP contribution is 2.40. The van der Waals surface area contributed by atoms with Gasteiger partial charge in [0.1, 0.15) is 12.3 Å². The van der Waals surface area contributed by atoms with Crippen LogP contribution in [-0.4, -0.2) is 32.0 Å². The monoisotopic (exact) mass is 485 g/mol. The molecule has 7 nitrogen and oxygen atoms in total. The first-order valence-corrected chi connectivity index (χ1v) is 11.9. The molecule has 0 spiro atoms. The number of hydrogen-bond acceptors (Lipinski definition) is 4. The lowest BCUT2D eigenvalue weighted by Crippen LogP contribution is -2.37. The largest absolute Gasteiger partial charge is 0.467 e. The van der Waals surface area contributed by atoms with Crippen molar-refractivity contribution < 1.29 is 9.21 Å². The summed E-state index contributed by atoms with van der Waals surface area (Å²) in [6.45, 7) is 4.95. The quantitative estimate of drug-likeness (QED) is 0.368. The Balaban J connectivity index is 1.49. The Hall–Kier alpha value is -3.91. The first-order valence-electron chi connectivity index (χ1n) is 11.5. The zero-order chi connectivity index (χ0) is 24.4. The minimum atomic E-state index is -0.199. The Morgan fingerprint density at radius 1 is 1.11 bits per heavy atom. The highest BCUT2D eigenvalue weighted by Gasteiger charge is 2.42. The van der Waals surface area contributed by atoms with E-state index in [4.69, 9.17) is 16.6 Å². The van der Waals surface area contributed by atoms with Gasteiger partial charge < -0.3 is 24.5 Å². The maximum Gasteiger partial charge on any atom is 0.244 e. The van der Waals surface area contributed by atoms with Gasteiger partial charge in [-0.2, -0.15) is 0 Å². The number of nitrogens with zero attached hydrogens (tertiary/aromatic N) is 3. The second kappa shape index (κ2) is 9.76. The van der Waals surface area contributed by atoms with Crippen molar-refractivity contribution in [2.75, 3.05) is 11.9 Å². The summed E-state index contributed by atoms with van der Waals surface area (Å²) >= 11 is 5.74. The molecule has 4 heterocycles. The molecule has 0 saturated carbocycles. The Kier molecular flexibility index (Phi) is 6.37. The second-order valence-electron chi connectivity index (χ2n) is 8.66. The van der Waals surface area contributed by atoms with Gasteiger partial charge in [0.05, 0.1) is 30.6 Å². The van der Waals surface area contributed by atoms with E-state index in [-0.39, 0.29) is 24.5 Å². The fourth-order valence-corrected chi connectivity index (χ4v) is 5.03. The zero-order valence-electron chi connectivity index (χ0n) is 19.6. The maximum absolute atomic E-state index is 13.0. The number of rotatable bonds is 7. The number of hydrogen-bond donors (Lipinski definition) is 2. The molecule has 1 aliphatic heterocycles. The summed E-state index contributed by atoms with van der Waals surface area (Å²) in [5.74, 6) is 0.759. The number of amides is 1. The number of carbonyl (C=O) groups excluding carboxylic acids is 1. The van der Waals surface area contributed by atoms with Gasteiger partial charge in [0, 0.05) is 23.3 Å². The van der Waals surface area contributed by atoms with E-state index in [9.17, 15) is 4.79 Å². The average molecular weight is 486 g/mol. The number of nitrogens with one attached hydrogen (secondary N) is 2. The highest BCUT2D eigenvalue weighted by atomic mass is 32.1. The van der Waals surface area contributed by atoms with Crippen LogP contribution in [0.5, 0.6) is 0 Å². The number of anilines is 1. The molecule has 0 unspecified atom stereocenters. The Labute approximate surface area is 209 Å². The van der Waals surface area contributed by atoms with Crippen LogP contribution in [0.1, 0.15) is 40.5 Å². The molecule has 8 heteroatoms. The number of thiocarbonyl (C=S) groups is 1. The number of pyridine rings is 1. The molecule has 2 N–H and O–H groups in total. The Morgan fingerprint density at radius 3 is 2.63 bits per heavy atom. The SMILES string of the molecule is Cc1cc([C@H]2[C@H](c3ccccn3)NC(=S)N2CC(=O)Nc2ccccc2)c(C)n1Cc1ccco1. The highest BCUT2D eigenvalue weighted by molar-refractivity contribution is 7.80. The lowest BCUT2D eigenvalue weighted by Gasteiger charge is -2.27. The molecule has 3 aromatic heterocycles. The summed E-state index contributed by atoms with van der Waals surface area (Å²) < 4.78 is 7.82. The van der Waals surface area contributed by atoms with Crippen LogP contribution in [0.3, 0.4) is 0 Å². The number of aromatic nitrogens is 2. The van der Waals surface area contributed by atoms with E-state index < -0.39 is 0 Å². The van der Waals surface area contributed by atoms with Crippen LogP contribution in [0, 0.1) is 13.8 Å². The number of para-hydroxylation sites is 1. The van der Waals surface area contributed by atoms with Gasteiger partial charge >= 0.3 is 0 Å². The van der Waals surface area contributed by atoms with Crippen LogP contribution in [0.25, 0.3) is 0 Å². The number of furan rings is 1. The summed E-state index contributed by atoms with van der Waals surface area (Å²) in [6, 6.07) is 21.0. The molecule has 4 aromatic rings. The molecule has 1 amide bonds. The third-order valence-electron chi connectivity index (χ3n) is 6.39. The Bertz CT molecular complexity index is 1320. The van der Waals surface area contributed by atoms with Gasteiger partial charge in [0.25, 0.3) is 0 Å². The molecule has 1 aliphatic rings. The van der Waals surface area contributed by atoms with Crippen molar-refractivity contribution in [2.45, 2.75) is 32.5 Å². The van der Waals surface area contributed by atoms with Gasteiger partial charge in [-0.25, -0.2) is 0 Å². The molecule has 5 rings (SSSR count). The van der Waals surface area contributed by atoms with Crippen LogP contribution < -0.4 is 10.6 Å². The first-order chi connectivity index (χ1) is 17.0.